The van der Waals surface area contributed by atoms with E-state index in [1.165, 1.54) is 0 Å². The van der Waals surface area contributed by atoms with E-state index in [9.17, 15) is 5.11 Å². The highest BCUT2D eigenvalue weighted by Gasteiger charge is 2.26. The lowest BCUT2D eigenvalue weighted by Crippen LogP contribution is -2.46. The van der Waals surface area contributed by atoms with E-state index in [2.05, 4.69) is 24.8 Å². The van der Waals surface area contributed by atoms with Crippen molar-refractivity contribution >= 4 is 0 Å². The summed E-state index contributed by atoms with van der Waals surface area (Å²) in [4.78, 5) is 0. The lowest BCUT2D eigenvalue weighted by molar-refractivity contribution is 0.0187. The van der Waals surface area contributed by atoms with Crippen LogP contribution in [0.5, 0.6) is 0 Å². The van der Waals surface area contributed by atoms with Crippen molar-refractivity contribution in [1.29, 1.82) is 0 Å². The molecule has 11 heavy (non-hydrogen) atoms. The second-order valence-corrected chi connectivity index (χ2v) is 2.84. The first-order chi connectivity index (χ1) is 5.15. The fourth-order valence-electron chi connectivity index (χ4n) is 0.873. The summed E-state index contributed by atoms with van der Waals surface area (Å²) in [5.74, 6) is 0. The first-order valence-corrected chi connectivity index (χ1v) is 3.87. The van der Waals surface area contributed by atoms with E-state index in [0.29, 0.717) is 6.04 Å². The molecule has 3 N–H and O–H groups in total. The molecule has 1 saturated heterocycles. The summed E-state index contributed by atoms with van der Waals surface area (Å²) in [6, 6.07) is 0.370. The van der Waals surface area contributed by atoms with Gasteiger partial charge in [0.2, 0.25) is 0 Å². The number of hydrazine groups is 3. The van der Waals surface area contributed by atoms with E-state index in [4.69, 9.17) is 0 Å². The molecule has 0 spiro atoms. The summed E-state index contributed by atoms with van der Waals surface area (Å²) < 4.78 is 0. The molecule has 2 atom stereocenters. The molecule has 1 heterocycles. The van der Waals surface area contributed by atoms with E-state index in [1.807, 2.05) is 0 Å². The summed E-state index contributed by atoms with van der Waals surface area (Å²) in [7, 11) is 1.78. The van der Waals surface area contributed by atoms with Crippen molar-refractivity contribution in [2.75, 3.05) is 7.05 Å². The maximum absolute atomic E-state index is 9.22. The molecular weight excluding hydrogens is 144 g/mol. The van der Waals surface area contributed by atoms with Crippen molar-refractivity contribution in [3.8, 4) is 0 Å². The third-order valence-corrected chi connectivity index (χ3v) is 1.92. The summed E-state index contributed by atoms with van der Waals surface area (Å²) in [5, 5.41) is 12.6. The fourth-order valence-corrected chi connectivity index (χ4v) is 0.873. The van der Waals surface area contributed by atoms with Crippen molar-refractivity contribution in [3.05, 3.63) is 0 Å². The standard InChI is InChI=1S/C6H16N4O/c1-4-5(2)10-7-6(11)9(3)8-10/h5-8,11H,4H2,1-3H3. The van der Waals surface area contributed by atoms with Crippen LogP contribution < -0.4 is 11.0 Å². The van der Waals surface area contributed by atoms with Gasteiger partial charge in [-0.05, 0) is 13.3 Å². The zero-order valence-corrected chi connectivity index (χ0v) is 7.20. The van der Waals surface area contributed by atoms with E-state index < -0.39 is 6.35 Å². The predicted octanol–water partition coefficient (Wildman–Crippen LogP) is -0.768. The zero-order valence-electron chi connectivity index (χ0n) is 7.20. The molecule has 0 aromatic rings. The quantitative estimate of drug-likeness (QED) is 0.495. The van der Waals surface area contributed by atoms with E-state index in [-0.39, 0.29) is 0 Å². The summed E-state index contributed by atoms with van der Waals surface area (Å²) in [5.41, 5.74) is 5.82. The minimum atomic E-state index is -0.621. The first-order valence-electron chi connectivity index (χ1n) is 3.87. The zero-order chi connectivity index (χ0) is 8.43. The highest BCUT2D eigenvalue weighted by Crippen LogP contribution is 2.03. The van der Waals surface area contributed by atoms with Gasteiger partial charge in [0.25, 0.3) is 0 Å². The Kier molecular flexibility index (Phi) is 2.80. The first kappa shape index (κ1) is 8.89. The van der Waals surface area contributed by atoms with Gasteiger partial charge in [0, 0.05) is 13.1 Å². The highest BCUT2D eigenvalue weighted by atomic mass is 16.3. The molecule has 5 nitrogen and oxygen atoms in total. The Morgan fingerprint density at radius 3 is 2.64 bits per heavy atom. The van der Waals surface area contributed by atoms with Crippen LogP contribution in [0.1, 0.15) is 20.3 Å². The Bertz CT molecular complexity index is 122. The van der Waals surface area contributed by atoms with Gasteiger partial charge in [-0.2, -0.15) is 21.1 Å². The van der Waals surface area contributed by atoms with Crippen molar-refractivity contribution in [2.45, 2.75) is 32.7 Å². The van der Waals surface area contributed by atoms with Gasteiger partial charge in [0.05, 0.1) is 0 Å². The van der Waals surface area contributed by atoms with E-state index in [0.717, 1.165) is 6.42 Å². The second-order valence-electron chi connectivity index (χ2n) is 2.84. The number of hydrogen-bond acceptors (Lipinski definition) is 5. The molecule has 0 aromatic carbocycles. The van der Waals surface area contributed by atoms with Crippen molar-refractivity contribution < 1.29 is 5.11 Å². The number of aliphatic hydroxyl groups is 1. The summed E-state index contributed by atoms with van der Waals surface area (Å²) in [6.45, 7) is 4.17. The van der Waals surface area contributed by atoms with Crippen LogP contribution in [-0.4, -0.2) is 34.7 Å². The second kappa shape index (κ2) is 3.46. The normalized spacial score (nSPS) is 31.1. The topological polar surface area (TPSA) is 50.8 Å². The third kappa shape index (κ3) is 1.88. The van der Waals surface area contributed by atoms with Gasteiger partial charge in [-0.15, -0.1) is 0 Å². The fraction of sp³-hybridized carbons (Fsp3) is 1.00. The van der Waals surface area contributed by atoms with Crippen molar-refractivity contribution in [2.24, 2.45) is 0 Å². The molecule has 1 fully saturated rings. The largest absolute Gasteiger partial charge is 0.363 e. The van der Waals surface area contributed by atoms with Crippen LogP contribution in [0.2, 0.25) is 0 Å². The van der Waals surface area contributed by atoms with E-state index >= 15 is 0 Å². The monoisotopic (exact) mass is 160 g/mol. The maximum Gasteiger partial charge on any atom is 0.190 e. The van der Waals surface area contributed by atoms with Gasteiger partial charge >= 0.3 is 0 Å². The number of nitrogens with zero attached hydrogens (tertiary/aromatic N) is 2. The van der Waals surface area contributed by atoms with Gasteiger partial charge in [-0.1, -0.05) is 6.92 Å². The molecule has 0 radical (unpaired) electrons. The van der Waals surface area contributed by atoms with Gasteiger partial charge < -0.3 is 5.11 Å². The van der Waals surface area contributed by atoms with Gasteiger partial charge in [-0.3, -0.25) is 0 Å². The van der Waals surface area contributed by atoms with Gasteiger partial charge in [-0.25, -0.2) is 0 Å². The van der Waals surface area contributed by atoms with Crippen LogP contribution in [0, 0.1) is 0 Å². The molecule has 2 unspecified atom stereocenters. The molecule has 1 aliphatic rings. The molecule has 1 rings (SSSR count). The molecule has 66 valence electrons. The summed E-state index contributed by atoms with van der Waals surface area (Å²) in [6.07, 6.45) is 0.407. The predicted molar refractivity (Wildman–Crippen MR) is 41.6 cm³/mol. The summed E-state index contributed by atoms with van der Waals surface area (Å²) >= 11 is 0. The van der Waals surface area contributed by atoms with Crippen LogP contribution in [0.15, 0.2) is 0 Å². The smallest absolute Gasteiger partial charge is 0.190 e. The molecule has 0 aliphatic carbocycles. The maximum atomic E-state index is 9.22. The average Bonchev–Trinajstić information content (AvgIpc) is 2.31. The minimum absolute atomic E-state index is 0.370. The average molecular weight is 160 g/mol. The number of hydrogen-bond donors (Lipinski definition) is 3. The van der Waals surface area contributed by atoms with Crippen LogP contribution in [-0.2, 0) is 0 Å². The molecular formula is C6H16N4O. The number of nitrogens with one attached hydrogen (secondary N) is 2. The Balaban J connectivity index is 2.40. The highest BCUT2D eigenvalue weighted by molar-refractivity contribution is 4.62. The molecule has 5 heteroatoms. The Morgan fingerprint density at radius 1 is 1.64 bits per heavy atom. The van der Waals surface area contributed by atoms with Crippen LogP contribution in [0.25, 0.3) is 0 Å². The molecule has 0 bridgehead atoms. The SMILES string of the molecule is CCC(C)N1NC(O)N(C)N1. The Morgan fingerprint density at radius 2 is 2.27 bits per heavy atom. The minimum Gasteiger partial charge on any atom is -0.363 e. The van der Waals surface area contributed by atoms with Gasteiger partial charge in [0.1, 0.15) is 0 Å². The molecule has 1 aliphatic heterocycles. The van der Waals surface area contributed by atoms with E-state index in [1.54, 1.807) is 17.2 Å². The van der Waals surface area contributed by atoms with Crippen LogP contribution >= 0.6 is 0 Å². The van der Waals surface area contributed by atoms with Gasteiger partial charge in [0.15, 0.2) is 6.35 Å². The Labute approximate surface area is 66.9 Å². The van der Waals surface area contributed by atoms with Crippen LogP contribution in [0.3, 0.4) is 0 Å². The third-order valence-electron chi connectivity index (χ3n) is 1.92. The Hall–Kier alpha value is -0.200. The van der Waals surface area contributed by atoms with Crippen molar-refractivity contribution in [1.82, 2.24) is 21.1 Å². The number of rotatable bonds is 2. The molecule has 0 amide bonds. The molecule has 0 aromatic heterocycles. The lowest BCUT2D eigenvalue weighted by atomic mass is 10.3. The van der Waals surface area contributed by atoms with Crippen LogP contribution in [0.4, 0.5) is 0 Å². The molecule has 0 saturated carbocycles. The van der Waals surface area contributed by atoms with Crippen molar-refractivity contribution in [3.63, 3.8) is 0 Å². The lowest BCUT2D eigenvalue weighted by Gasteiger charge is -2.21. The number of aliphatic hydroxyl groups excluding tert-OH is 1.